The number of aliphatic hydroxyl groups excluding tert-OH is 2. The fraction of sp³-hybridized carbons (Fsp3) is 0.357. The molecule has 0 aromatic heterocycles. The molecule has 2 aliphatic rings. The summed E-state index contributed by atoms with van der Waals surface area (Å²) in [5, 5.41) is 19.6. The third-order valence-electron chi connectivity index (χ3n) is 6.39. The van der Waals surface area contributed by atoms with Gasteiger partial charge >= 0.3 is 0 Å². The second kappa shape index (κ2) is 9.96. The van der Waals surface area contributed by atoms with E-state index < -0.39 is 6.10 Å². The van der Waals surface area contributed by atoms with E-state index in [1.54, 1.807) is 0 Å². The highest BCUT2D eigenvalue weighted by Gasteiger charge is 2.29. The Bertz CT molecular complexity index is 1040. The molecule has 0 bridgehead atoms. The number of aliphatic hydroxyl groups is 2. The van der Waals surface area contributed by atoms with Gasteiger partial charge in [-0.2, -0.15) is 0 Å². The summed E-state index contributed by atoms with van der Waals surface area (Å²) in [5.74, 6) is 1.80. The molecule has 1 unspecified atom stereocenters. The molecule has 5 nitrogen and oxygen atoms in total. The monoisotopic (exact) mass is 446 g/mol. The van der Waals surface area contributed by atoms with Crippen molar-refractivity contribution in [1.29, 1.82) is 0 Å². The molecular weight excluding hydrogens is 416 g/mol. The van der Waals surface area contributed by atoms with Crippen LogP contribution in [0.2, 0.25) is 0 Å². The van der Waals surface area contributed by atoms with Crippen molar-refractivity contribution in [1.82, 2.24) is 0 Å². The lowest BCUT2D eigenvalue weighted by molar-refractivity contribution is -0.113. The minimum Gasteiger partial charge on any atom is -0.490 e. The number of hydrogen-bond donors (Lipinski definition) is 2. The minimum atomic E-state index is -0.444. The van der Waals surface area contributed by atoms with E-state index in [0.29, 0.717) is 19.4 Å². The third kappa shape index (κ3) is 5.38. The molecule has 0 amide bonds. The predicted octanol–water partition coefficient (Wildman–Crippen LogP) is 4.23. The minimum absolute atomic E-state index is 0.0516. The molecular formula is C28H30O5. The Labute approximate surface area is 194 Å². The summed E-state index contributed by atoms with van der Waals surface area (Å²) >= 11 is 0. The molecule has 2 heterocycles. The highest BCUT2D eigenvalue weighted by atomic mass is 16.5. The molecule has 3 aromatic carbocycles. The molecule has 2 N–H and O–H groups in total. The fourth-order valence-corrected chi connectivity index (χ4v) is 4.70. The third-order valence-corrected chi connectivity index (χ3v) is 6.39. The maximum Gasteiger partial charge on any atom is 0.137 e. The number of rotatable bonds is 7. The molecule has 5 heteroatoms. The molecule has 1 fully saturated rings. The van der Waals surface area contributed by atoms with Gasteiger partial charge in [0.25, 0.3) is 0 Å². The van der Waals surface area contributed by atoms with Crippen molar-refractivity contribution in [3.05, 3.63) is 95.1 Å². The van der Waals surface area contributed by atoms with E-state index in [1.165, 1.54) is 16.7 Å². The topological polar surface area (TPSA) is 68.2 Å². The van der Waals surface area contributed by atoms with Crippen LogP contribution in [0.3, 0.4) is 0 Å². The standard InChI is InChI=1S/C28H30O5/c29-17-25-15-23(30)16-28(32-25)21-6-3-4-20(13-21)12-19-8-10-24(11-9-19)31-18-26-14-22-5-1-2-7-27(22)33-26/h1-11,13,23,25-26,28-30H,12,14-18H2/t23-,25-,26?,28+/m0/s1. The largest absolute Gasteiger partial charge is 0.490 e. The zero-order chi connectivity index (χ0) is 22.6. The number of para-hydroxylation sites is 1. The second-order valence-electron chi connectivity index (χ2n) is 8.98. The second-order valence-corrected chi connectivity index (χ2v) is 8.98. The Morgan fingerprint density at radius 1 is 0.879 bits per heavy atom. The number of ether oxygens (including phenoxy) is 3. The van der Waals surface area contributed by atoms with Gasteiger partial charge in [0, 0.05) is 19.3 Å². The summed E-state index contributed by atoms with van der Waals surface area (Å²) in [6.07, 6.45) is 1.84. The first kappa shape index (κ1) is 22.0. The van der Waals surface area contributed by atoms with Crippen molar-refractivity contribution in [3.63, 3.8) is 0 Å². The molecule has 0 saturated carbocycles. The molecule has 2 aliphatic heterocycles. The Morgan fingerprint density at radius 2 is 1.73 bits per heavy atom. The normalized spacial score (nSPS) is 24.2. The van der Waals surface area contributed by atoms with Crippen LogP contribution in [0.1, 0.15) is 41.2 Å². The van der Waals surface area contributed by atoms with E-state index in [-0.39, 0.29) is 24.9 Å². The molecule has 1 saturated heterocycles. The van der Waals surface area contributed by atoms with Gasteiger partial charge < -0.3 is 24.4 Å². The Balaban J connectivity index is 1.16. The lowest BCUT2D eigenvalue weighted by Gasteiger charge is -2.32. The van der Waals surface area contributed by atoms with Crippen LogP contribution in [-0.2, 0) is 17.6 Å². The quantitative estimate of drug-likeness (QED) is 0.568. The maximum absolute atomic E-state index is 10.1. The van der Waals surface area contributed by atoms with Gasteiger partial charge in [0.2, 0.25) is 0 Å². The predicted molar refractivity (Wildman–Crippen MR) is 126 cm³/mol. The van der Waals surface area contributed by atoms with Gasteiger partial charge in [-0.25, -0.2) is 0 Å². The summed E-state index contributed by atoms with van der Waals surface area (Å²) < 4.78 is 17.9. The van der Waals surface area contributed by atoms with E-state index in [1.807, 2.05) is 42.5 Å². The summed E-state index contributed by atoms with van der Waals surface area (Å²) in [6.45, 7) is 0.458. The lowest BCUT2D eigenvalue weighted by atomic mass is 9.94. The Hall–Kier alpha value is -2.86. The zero-order valence-electron chi connectivity index (χ0n) is 18.6. The van der Waals surface area contributed by atoms with Gasteiger partial charge in [0.05, 0.1) is 24.9 Å². The summed E-state index contributed by atoms with van der Waals surface area (Å²) in [4.78, 5) is 0. The first-order valence-electron chi connectivity index (χ1n) is 11.7. The van der Waals surface area contributed by atoms with Crippen molar-refractivity contribution < 1.29 is 24.4 Å². The van der Waals surface area contributed by atoms with Crippen molar-refractivity contribution in [2.24, 2.45) is 0 Å². The van der Waals surface area contributed by atoms with Gasteiger partial charge in [0.1, 0.15) is 24.2 Å². The van der Waals surface area contributed by atoms with Crippen molar-refractivity contribution in [2.75, 3.05) is 13.2 Å². The highest BCUT2D eigenvalue weighted by Crippen LogP contribution is 2.32. The van der Waals surface area contributed by atoms with Gasteiger partial charge in [-0.3, -0.25) is 0 Å². The molecule has 33 heavy (non-hydrogen) atoms. The summed E-state index contributed by atoms with van der Waals surface area (Å²) in [5.41, 5.74) is 4.66. The zero-order valence-corrected chi connectivity index (χ0v) is 18.6. The summed E-state index contributed by atoms with van der Waals surface area (Å²) in [6, 6.07) is 24.6. The number of fused-ring (bicyclic) bond motifs is 1. The van der Waals surface area contributed by atoms with Crippen LogP contribution in [0.25, 0.3) is 0 Å². The number of benzene rings is 3. The number of hydrogen-bond acceptors (Lipinski definition) is 5. The summed E-state index contributed by atoms with van der Waals surface area (Å²) in [7, 11) is 0. The van der Waals surface area contributed by atoms with E-state index in [0.717, 1.165) is 29.9 Å². The first-order valence-corrected chi connectivity index (χ1v) is 11.7. The first-order chi connectivity index (χ1) is 16.2. The lowest BCUT2D eigenvalue weighted by Crippen LogP contribution is -2.33. The van der Waals surface area contributed by atoms with E-state index >= 15 is 0 Å². The van der Waals surface area contributed by atoms with Crippen molar-refractivity contribution in [3.8, 4) is 11.5 Å². The Kier molecular flexibility index (Phi) is 6.63. The molecule has 0 radical (unpaired) electrons. The van der Waals surface area contributed by atoms with Gasteiger partial charge in [0.15, 0.2) is 0 Å². The van der Waals surface area contributed by atoms with E-state index in [2.05, 4.69) is 30.3 Å². The smallest absolute Gasteiger partial charge is 0.137 e. The Morgan fingerprint density at radius 3 is 2.55 bits per heavy atom. The van der Waals surface area contributed by atoms with Crippen LogP contribution in [0.5, 0.6) is 11.5 Å². The van der Waals surface area contributed by atoms with Crippen molar-refractivity contribution in [2.45, 2.75) is 50.1 Å². The molecule has 5 rings (SSSR count). The van der Waals surface area contributed by atoms with Crippen LogP contribution < -0.4 is 9.47 Å². The highest BCUT2D eigenvalue weighted by molar-refractivity contribution is 5.37. The van der Waals surface area contributed by atoms with Crippen LogP contribution in [0, 0.1) is 0 Å². The molecule has 3 aromatic rings. The molecule has 0 aliphatic carbocycles. The fourth-order valence-electron chi connectivity index (χ4n) is 4.70. The van der Waals surface area contributed by atoms with Crippen LogP contribution in [-0.4, -0.2) is 41.7 Å². The van der Waals surface area contributed by atoms with E-state index in [4.69, 9.17) is 14.2 Å². The molecule has 4 atom stereocenters. The average molecular weight is 447 g/mol. The maximum atomic E-state index is 10.1. The molecule has 172 valence electrons. The van der Waals surface area contributed by atoms with Gasteiger partial charge in [-0.15, -0.1) is 0 Å². The SMILES string of the molecule is OC[C@@H]1C[C@H](O)C[C@H](c2cccc(Cc3ccc(OCC4Cc5ccccc5O4)cc3)c2)O1. The molecule has 0 spiro atoms. The van der Waals surface area contributed by atoms with Crippen LogP contribution in [0.4, 0.5) is 0 Å². The van der Waals surface area contributed by atoms with Gasteiger partial charge in [-0.1, -0.05) is 54.6 Å². The van der Waals surface area contributed by atoms with E-state index in [9.17, 15) is 10.2 Å². The van der Waals surface area contributed by atoms with Crippen molar-refractivity contribution >= 4 is 0 Å². The van der Waals surface area contributed by atoms with Gasteiger partial charge in [-0.05, 0) is 46.9 Å². The average Bonchev–Trinajstić information content (AvgIpc) is 3.26. The van der Waals surface area contributed by atoms with Crippen LogP contribution in [0.15, 0.2) is 72.8 Å². The van der Waals surface area contributed by atoms with Crippen LogP contribution >= 0.6 is 0 Å².